The summed E-state index contributed by atoms with van der Waals surface area (Å²) in [6.45, 7) is 6.44. The van der Waals surface area contributed by atoms with Gasteiger partial charge in [-0.3, -0.25) is 9.36 Å². The molecule has 0 bridgehead atoms. The summed E-state index contributed by atoms with van der Waals surface area (Å²) in [5.74, 6) is 0.928. The first-order valence-corrected chi connectivity index (χ1v) is 10.1. The SMILES string of the molecule is C=CCn1c(SCC(=O)Nc2ccc(Br)cc2)nnc1-c1ccc(C)cc1. The topological polar surface area (TPSA) is 59.8 Å². The van der Waals surface area contributed by atoms with Crippen molar-refractivity contribution in [3.63, 3.8) is 0 Å². The van der Waals surface area contributed by atoms with Crippen molar-refractivity contribution in [3.05, 3.63) is 71.2 Å². The van der Waals surface area contributed by atoms with Crippen LogP contribution in [-0.2, 0) is 11.3 Å². The maximum absolute atomic E-state index is 12.2. The minimum atomic E-state index is -0.0904. The summed E-state index contributed by atoms with van der Waals surface area (Å²) in [5.41, 5.74) is 2.94. The molecule has 1 heterocycles. The Bertz CT molecular complexity index is 936. The fourth-order valence-corrected chi connectivity index (χ4v) is 3.48. The number of nitrogens with zero attached hydrogens (tertiary/aromatic N) is 3. The zero-order chi connectivity index (χ0) is 19.2. The highest BCUT2D eigenvalue weighted by atomic mass is 79.9. The highest BCUT2D eigenvalue weighted by Gasteiger charge is 2.15. The van der Waals surface area contributed by atoms with E-state index >= 15 is 0 Å². The molecule has 0 aliphatic rings. The number of benzene rings is 2. The summed E-state index contributed by atoms with van der Waals surface area (Å²) >= 11 is 4.73. The van der Waals surface area contributed by atoms with Crippen molar-refractivity contribution in [1.29, 1.82) is 0 Å². The molecule has 0 fully saturated rings. The van der Waals surface area contributed by atoms with E-state index in [1.54, 1.807) is 6.08 Å². The predicted octanol–water partition coefficient (Wildman–Crippen LogP) is 4.93. The van der Waals surface area contributed by atoms with Gasteiger partial charge in [0.15, 0.2) is 11.0 Å². The van der Waals surface area contributed by atoms with Gasteiger partial charge in [0.25, 0.3) is 0 Å². The first-order chi connectivity index (χ1) is 13.1. The molecule has 1 N–H and O–H groups in total. The second-order valence-electron chi connectivity index (χ2n) is 5.92. The molecule has 0 aliphatic carbocycles. The van der Waals surface area contributed by atoms with Gasteiger partial charge in [-0.05, 0) is 31.2 Å². The number of rotatable bonds is 7. The monoisotopic (exact) mass is 442 g/mol. The van der Waals surface area contributed by atoms with Gasteiger partial charge in [-0.2, -0.15) is 0 Å². The predicted molar refractivity (Wildman–Crippen MR) is 114 cm³/mol. The van der Waals surface area contributed by atoms with Crippen molar-refractivity contribution in [1.82, 2.24) is 14.8 Å². The normalized spacial score (nSPS) is 10.6. The maximum atomic E-state index is 12.2. The third-order valence-corrected chi connectivity index (χ3v) is 5.29. The number of anilines is 1. The summed E-state index contributed by atoms with van der Waals surface area (Å²) < 4.78 is 2.94. The van der Waals surface area contributed by atoms with Crippen molar-refractivity contribution in [3.8, 4) is 11.4 Å². The van der Waals surface area contributed by atoms with Crippen LogP contribution in [0, 0.1) is 6.92 Å². The van der Waals surface area contributed by atoms with E-state index in [1.165, 1.54) is 17.3 Å². The van der Waals surface area contributed by atoms with Gasteiger partial charge >= 0.3 is 0 Å². The average molecular weight is 443 g/mol. The van der Waals surface area contributed by atoms with Crippen LogP contribution in [0.1, 0.15) is 5.56 Å². The molecule has 0 atom stereocenters. The molecule has 0 saturated heterocycles. The standard InChI is InChI=1S/C20H19BrN4OS/c1-3-12-25-19(15-6-4-14(2)5-7-15)23-24-20(25)27-13-18(26)22-17-10-8-16(21)9-11-17/h3-11H,1,12-13H2,2H3,(H,22,26). The van der Waals surface area contributed by atoms with E-state index in [0.29, 0.717) is 11.7 Å². The Balaban J connectivity index is 1.70. The van der Waals surface area contributed by atoms with Gasteiger partial charge < -0.3 is 5.32 Å². The number of aryl methyl sites for hydroxylation is 1. The fourth-order valence-electron chi connectivity index (χ4n) is 2.47. The summed E-state index contributed by atoms with van der Waals surface area (Å²) in [5, 5.41) is 12.1. The van der Waals surface area contributed by atoms with Gasteiger partial charge in [0.05, 0.1) is 5.75 Å². The number of aromatic nitrogens is 3. The molecule has 0 radical (unpaired) electrons. The van der Waals surface area contributed by atoms with E-state index in [0.717, 1.165) is 21.5 Å². The lowest BCUT2D eigenvalue weighted by Crippen LogP contribution is -2.14. The molecule has 0 spiro atoms. The molecule has 7 heteroatoms. The molecule has 3 aromatic rings. The average Bonchev–Trinajstić information content (AvgIpc) is 3.06. The molecule has 27 heavy (non-hydrogen) atoms. The van der Waals surface area contributed by atoms with E-state index < -0.39 is 0 Å². The molecule has 1 amide bonds. The van der Waals surface area contributed by atoms with E-state index in [4.69, 9.17) is 0 Å². The third-order valence-electron chi connectivity index (χ3n) is 3.80. The van der Waals surface area contributed by atoms with Crippen LogP contribution in [0.5, 0.6) is 0 Å². The van der Waals surface area contributed by atoms with Crippen molar-refractivity contribution in [2.24, 2.45) is 0 Å². The van der Waals surface area contributed by atoms with Crippen LogP contribution in [0.25, 0.3) is 11.4 Å². The lowest BCUT2D eigenvalue weighted by Gasteiger charge is -2.08. The second kappa shape index (κ2) is 9.01. The summed E-state index contributed by atoms with van der Waals surface area (Å²) in [6, 6.07) is 15.6. The van der Waals surface area contributed by atoms with E-state index in [2.05, 4.69) is 38.0 Å². The van der Waals surface area contributed by atoms with Gasteiger partial charge in [-0.15, -0.1) is 16.8 Å². The maximum Gasteiger partial charge on any atom is 0.234 e. The quantitative estimate of drug-likeness (QED) is 0.416. The number of carbonyl (C=O) groups excluding carboxylic acids is 1. The molecule has 0 aliphatic heterocycles. The second-order valence-corrected chi connectivity index (χ2v) is 7.77. The van der Waals surface area contributed by atoms with Gasteiger partial charge in [0, 0.05) is 22.3 Å². The molecule has 138 valence electrons. The number of halogens is 1. The van der Waals surface area contributed by atoms with Crippen LogP contribution in [0.2, 0.25) is 0 Å². The van der Waals surface area contributed by atoms with Crippen LogP contribution in [0.3, 0.4) is 0 Å². The minimum absolute atomic E-state index is 0.0904. The van der Waals surface area contributed by atoms with E-state index in [-0.39, 0.29) is 11.7 Å². The molecule has 0 unspecified atom stereocenters. The Labute approximate surface area is 171 Å². The molecular formula is C20H19BrN4OS. The van der Waals surface area contributed by atoms with Crippen molar-refractivity contribution in [2.75, 3.05) is 11.1 Å². The van der Waals surface area contributed by atoms with E-state index in [1.807, 2.05) is 60.0 Å². The van der Waals surface area contributed by atoms with Crippen LogP contribution >= 0.6 is 27.7 Å². The zero-order valence-corrected chi connectivity index (χ0v) is 17.3. The van der Waals surface area contributed by atoms with Crippen LogP contribution in [0.15, 0.2) is 70.8 Å². The van der Waals surface area contributed by atoms with Crippen molar-refractivity contribution in [2.45, 2.75) is 18.6 Å². The highest BCUT2D eigenvalue weighted by Crippen LogP contribution is 2.24. The number of amides is 1. The Morgan fingerprint density at radius 1 is 1.19 bits per heavy atom. The Hall–Kier alpha value is -2.38. The Morgan fingerprint density at radius 2 is 1.89 bits per heavy atom. The van der Waals surface area contributed by atoms with Gasteiger partial charge in [0.2, 0.25) is 5.91 Å². The number of hydrogen-bond donors (Lipinski definition) is 1. The largest absolute Gasteiger partial charge is 0.325 e. The van der Waals surface area contributed by atoms with Crippen LogP contribution in [0.4, 0.5) is 5.69 Å². The van der Waals surface area contributed by atoms with Gasteiger partial charge in [-0.25, -0.2) is 0 Å². The molecule has 2 aromatic carbocycles. The molecule has 5 nitrogen and oxygen atoms in total. The minimum Gasteiger partial charge on any atom is -0.325 e. The summed E-state index contributed by atoms with van der Waals surface area (Å²) in [6.07, 6.45) is 1.80. The first-order valence-electron chi connectivity index (χ1n) is 8.36. The number of carbonyl (C=O) groups is 1. The number of hydrogen-bond acceptors (Lipinski definition) is 4. The molecule has 0 saturated carbocycles. The van der Waals surface area contributed by atoms with E-state index in [9.17, 15) is 4.79 Å². The molecule has 1 aromatic heterocycles. The fraction of sp³-hybridized carbons (Fsp3) is 0.150. The smallest absolute Gasteiger partial charge is 0.234 e. The Morgan fingerprint density at radius 3 is 2.56 bits per heavy atom. The van der Waals surface area contributed by atoms with Crippen LogP contribution in [-0.4, -0.2) is 26.4 Å². The zero-order valence-electron chi connectivity index (χ0n) is 14.9. The lowest BCUT2D eigenvalue weighted by atomic mass is 10.1. The van der Waals surface area contributed by atoms with Crippen molar-refractivity contribution < 1.29 is 4.79 Å². The first kappa shape index (κ1) is 19.4. The van der Waals surface area contributed by atoms with Crippen LogP contribution < -0.4 is 5.32 Å². The number of allylic oxidation sites excluding steroid dienone is 1. The van der Waals surface area contributed by atoms with Gasteiger partial charge in [-0.1, -0.05) is 63.6 Å². The van der Waals surface area contributed by atoms with Gasteiger partial charge in [0.1, 0.15) is 0 Å². The summed E-state index contributed by atoms with van der Waals surface area (Å²) in [4.78, 5) is 12.2. The molecular weight excluding hydrogens is 424 g/mol. The van der Waals surface area contributed by atoms with Crippen molar-refractivity contribution >= 4 is 39.3 Å². The lowest BCUT2D eigenvalue weighted by molar-refractivity contribution is -0.113. The Kier molecular flexibility index (Phi) is 6.47. The highest BCUT2D eigenvalue weighted by molar-refractivity contribution is 9.10. The number of thioether (sulfide) groups is 1. The summed E-state index contributed by atoms with van der Waals surface area (Å²) in [7, 11) is 0. The molecule has 3 rings (SSSR count). The third kappa shape index (κ3) is 5.08. The number of nitrogens with one attached hydrogen (secondary N) is 1.